The second kappa shape index (κ2) is 8.69. The Bertz CT molecular complexity index is 1040. The van der Waals surface area contributed by atoms with Crippen LogP contribution >= 0.6 is 0 Å². The largest absolute Gasteiger partial charge is 0.586 e. The highest BCUT2D eigenvalue weighted by Gasteiger charge is 2.43. The molecule has 1 aliphatic heterocycles. The summed E-state index contributed by atoms with van der Waals surface area (Å²) in [6.45, 7) is -1.40. The first kappa shape index (κ1) is 22.8. The van der Waals surface area contributed by atoms with Gasteiger partial charge in [0.2, 0.25) is 0 Å². The average Bonchev–Trinajstić information content (AvgIpc) is 3.03. The lowest BCUT2D eigenvalue weighted by Gasteiger charge is -2.09. The standard InChI is InChI=1S/C19H13F5N2O6/c20-18(21,22)11-3-1-10(2-4-11)17(29)25-8-16(28)30-9-15(27)26-12-5-6-13-14(7-12)32-19(23,24)31-13/h1-7H,8-9H2,(H,25,29)(H,26,27). The monoisotopic (exact) mass is 460 g/mol. The molecule has 0 aromatic heterocycles. The Kier molecular flexibility index (Phi) is 6.18. The fourth-order valence-electron chi connectivity index (χ4n) is 2.49. The van der Waals surface area contributed by atoms with E-state index in [4.69, 9.17) is 0 Å². The Hall–Kier alpha value is -3.90. The lowest BCUT2D eigenvalue weighted by atomic mass is 10.1. The van der Waals surface area contributed by atoms with E-state index in [0.717, 1.165) is 36.4 Å². The highest BCUT2D eigenvalue weighted by Crippen LogP contribution is 2.42. The third-order valence-corrected chi connectivity index (χ3v) is 3.92. The lowest BCUT2D eigenvalue weighted by Crippen LogP contribution is -2.32. The summed E-state index contributed by atoms with van der Waals surface area (Å²) in [6, 6.07) is 6.81. The van der Waals surface area contributed by atoms with Gasteiger partial charge in [0.05, 0.1) is 5.56 Å². The Morgan fingerprint density at radius 1 is 0.969 bits per heavy atom. The first-order valence-electron chi connectivity index (χ1n) is 8.74. The normalized spacial score (nSPS) is 13.9. The summed E-state index contributed by atoms with van der Waals surface area (Å²) in [7, 11) is 0. The van der Waals surface area contributed by atoms with Crippen LogP contribution in [0, 0.1) is 0 Å². The third kappa shape index (κ3) is 5.83. The van der Waals surface area contributed by atoms with Crippen molar-refractivity contribution >= 4 is 23.5 Å². The minimum atomic E-state index is -4.55. The molecule has 1 aliphatic rings. The second-order valence-electron chi connectivity index (χ2n) is 6.30. The van der Waals surface area contributed by atoms with Crippen LogP contribution in [0.2, 0.25) is 0 Å². The van der Waals surface area contributed by atoms with Gasteiger partial charge in [-0.2, -0.15) is 13.2 Å². The molecule has 2 N–H and O–H groups in total. The van der Waals surface area contributed by atoms with Crippen LogP contribution in [0.3, 0.4) is 0 Å². The number of amides is 2. The van der Waals surface area contributed by atoms with Crippen molar-refractivity contribution in [3.05, 3.63) is 53.6 Å². The van der Waals surface area contributed by atoms with Crippen molar-refractivity contribution in [1.82, 2.24) is 5.32 Å². The molecular formula is C19H13F5N2O6. The molecule has 0 spiro atoms. The zero-order valence-corrected chi connectivity index (χ0v) is 15.8. The third-order valence-electron chi connectivity index (χ3n) is 3.92. The average molecular weight is 460 g/mol. The molecule has 0 atom stereocenters. The smallest absolute Gasteiger partial charge is 0.454 e. The van der Waals surface area contributed by atoms with Crippen LogP contribution in [-0.4, -0.2) is 37.2 Å². The van der Waals surface area contributed by atoms with Crippen LogP contribution < -0.4 is 20.1 Å². The number of hydrogen-bond acceptors (Lipinski definition) is 6. The van der Waals surface area contributed by atoms with E-state index in [1.807, 2.05) is 0 Å². The van der Waals surface area contributed by atoms with Crippen LogP contribution in [0.4, 0.5) is 27.6 Å². The molecule has 2 amide bonds. The van der Waals surface area contributed by atoms with E-state index in [9.17, 15) is 36.3 Å². The number of ether oxygens (including phenoxy) is 3. The molecule has 2 aromatic rings. The molecule has 2 aromatic carbocycles. The quantitative estimate of drug-likeness (QED) is 0.508. The van der Waals surface area contributed by atoms with Gasteiger partial charge < -0.3 is 24.8 Å². The predicted molar refractivity (Wildman–Crippen MR) is 96.0 cm³/mol. The molecule has 170 valence electrons. The van der Waals surface area contributed by atoms with Crippen molar-refractivity contribution < 1.29 is 50.5 Å². The molecule has 0 saturated carbocycles. The van der Waals surface area contributed by atoms with Crippen molar-refractivity contribution in [3.63, 3.8) is 0 Å². The van der Waals surface area contributed by atoms with E-state index >= 15 is 0 Å². The summed E-state index contributed by atoms with van der Waals surface area (Å²) in [5.41, 5.74) is -0.978. The van der Waals surface area contributed by atoms with Gasteiger partial charge in [-0.05, 0) is 36.4 Å². The van der Waals surface area contributed by atoms with Crippen LogP contribution in [0.1, 0.15) is 15.9 Å². The molecule has 0 aliphatic carbocycles. The Labute approximate surface area is 176 Å². The number of rotatable bonds is 6. The topological polar surface area (TPSA) is 103 Å². The van der Waals surface area contributed by atoms with Crippen molar-refractivity contribution in [2.75, 3.05) is 18.5 Å². The summed E-state index contributed by atoms with van der Waals surface area (Å²) in [5, 5.41) is 4.43. The van der Waals surface area contributed by atoms with Crippen LogP contribution in [0.25, 0.3) is 0 Å². The van der Waals surface area contributed by atoms with E-state index in [1.165, 1.54) is 6.07 Å². The highest BCUT2D eigenvalue weighted by molar-refractivity contribution is 5.96. The second-order valence-corrected chi connectivity index (χ2v) is 6.30. The summed E-state index contributed by atoms with van der Waals surface area (Å²) in [6.07, 6.45) is -8.36. The van der Waals surface area contributed by atoms with Gasteiger partial charge in [-0.25, -0.2) is 0 Å². The number of benzene rings is 2. The zero-order chi connectivity index (χ0) is 23.5. The molecule has 13 heteroatoms. The van der Waals surface area contributed by atoms with E-state index in [2.05, 4.69) is 24.8 Å². The number of fused-ring (bicyclic) bond motifs is 1. The minimum Gasteiger partial charge on any atom is -0.454 e. The summed E-state index contributed by atoms with van der Waals surface area (Å²) in [5.74, 6) is -3.14. The molecule has 1 heterocycles. The summed E-state index contributed by atoms with van der Waals surface area (Å²) < 4.78 is 76.6. The molecule has 32 heavy (non-hydrogen) atoms. The number of anilines is 1. The van der Waals surface area contributed by atoms with Gasteiger partial charge in [0, 0.05) is 17.3 Å². The van der Waals surface area contributed by atoms with Gasteiger partial charge >= 0.3 is 18.4 Å². The van der Waals surface area contributed by atoms with Gasteiger partial charge in [-0.15, -0.1) is 8.78 Å². The maximum atomic E-state index is 13.0. The SMILES string of the molecule is O=C(COC(=O)CNC(=O)c1ccc(C(F)(F)F)cc1)Nc1ccc2c(c1)OC(F)(F)O2. The molecule has 0 fully saturated rings. The van der Waals surface area contributed by atoms with Gasteiger partial charge in [0.15, 0.2) is 18.1 Å². The molecule has 0 unspecified atom stereocenters. The van der Waals surface area contributed by atoms with Crippen molar-refractivity contribution in [2.45, 2.75) is 12.5 Å². The van der Waals surface area contributed by atoms with Crippen LogP contribution in [0.5, 0.6) is 11.5 Å². The lowest BCUT2D eigenvalue weighted by molar-refractivity contribution is -0.286. The summed E-state index contributed by atoms with van der Waals surface area (Å²) in [4.78, 5) is 35.4. The maximum absolute atomic E-state index is 13.0. The number of carbonyl (C=O) groups excluding carboxylic acids is 3. The zero-order valence-electron chi connectivity index (χ0n) is 15.8. The van der Waals surface area contributed by atoms with Crippen molar-refractivity contribution in [1.29, 1.82) is 0 Å². The first-order valence-corrected chi connectivity index (χ1v) is 8.74. The summed E-state index contributed by atoms with van der Waals surface area (Å²) >= 11 is 0. The van der Waals surface area contributed by atoms with E-state index in [-0.39, 0.29) is 22.7 Å². The number of nitrogens with one attached hydrogen (secondary N) is 2. The fraction of sp³-hybridized carbons (Fsp3) is 0.211. The Balaban J connectivity index is 1.42. The number of alkyl halides is 5. The highest BCUT2D eigenvalue weighted by atomic mass is 19.4. The maximum Gasteiger partial charge on any atom is 0.586 e. The molecule has 0 bridgehead atoms. The van der Waals surface area contributed by atoms with Crippen LogP contribution in [0.15, 0.2) is 42.5 Å². The molecule has 0 saturated heterocycles. The van der Waals surface area contributed by atoms with Crippen molar-refractivity contribution in [2.24, 2.45) is 0 Å². The van der Waals surface area contributed by atoms with E-state index in [1.54, 1.807) is 0 Å². The first-order chi connectivity index (χ1) is 14.9. The molecule has 0 radical (unpaired) electrons. The van der Waals surface area contributed by atoms with Crippen molar-refractivity contribution in [3.8, 4) is 11.5 Å². The Morgan fingerprint density at radius 3 is 2.28 bits per heavy atom. The molecule has 8 nitrogen and oxygen atoms in total. The van der Waals surface area contributed by atoms with Gasteiger partial charge in [0.25, 0.3) is 11.8 Å². The molecular weight excluding hydrogens is 447 g/mol. The van der Waals surface area contributed by atoms with Gasteiger partial charge in [0.1, 0.15) is 6.54 Å². The van der Waals surface area contributed by atoms with Gasteiger partial charge in [-0.1, -0.05) is 0 Å². The fourth-order valence-corrected chi connectivity index (χ4v) is 2.49. The van der Waals surface area contributed by atoms with E-state index in [0.29, 0.717) is 0 Å². The Morgan fingerprint density at radius 2 is 1.62 bits per heavy atom. The number of hydrogen-bond donors (Lipinski definition) is 2. The predicted octanol–water partition coefficient (Wildman–Crippen LogP) is 2.94. The number of halogens is 5. The number of carbonyl (C=O) groups is 3. The minimum absolute atomic E-state index is 0.0710. The van der Waals surface area contributed by atoms with E-state index < -0.39 is 49.0 Å². The van der Waals surface area contributed by atoms with Crippen LogP contribution in [-0.2, 0) is 20.5 Å². The number of esters is 1. The molecule has 3 rings (SSSR count). The van der Waals surface area contributed by atoms with Gasteiger partial charge in [-0.3, -0.25) is 14.4 Å².